The van der Waals surface area contributed by atoms with E-state index >= 15 is 0 Å². The summed E-state index contributed by atoms with van der Waals surface area (Å²) in [7, 11) is 0. The molecule has 2 aromatic carbocycles. The summed E-state index contributed by atoms with van der Waals surface area (Å²) in [6, 6.07) is 15.2. The van der Waals surface area contributed by atoms with Crippen LogP contribution >= 0.6 is 0 Å². The highest BCUT2D eigenvalue weighted by Crippen LogP contribution is 2.07. The molecule has 0 aromatic heterocycles. The van der Waals surface area contributed by atoms with E-state index in [1.54, 1.807) is 60.0 Å². The first kappa shape index (κ1) is 26.7. The minimum absolute atomic E-state index is 0.0237. The Hall–Kier alpha value is -4.52. The van der Waals surface area contributed by atoms with Crippen LogP contribution in [0, 0.1) is 10.1 Å². The highest BCUT2D eigenvalue weighted by atomic mass is 16.7. The number of hydrogen-bond acceptors (Lipinski definition) is 7. The summed E-state index contributed by atoms with van der Waals surface area (Å²) in [6.45, 7) is 0.0237. The van der Waals surface area contributed by atoms with Gasteiger partial charge in [0.2, 0.25) is 5.91 Å². The average molecular weight is 486 g/mol. The molecule has 13 nitrogen and oxygen atoms in total. The summed E-state index contributed by atoms with van der Waals surface area (Å²) in [5, 5.41) is 23.8. The molecule has 0 fully saturated rings. The second-order valence-corrected chi connectivity index (χ2v) is 7.40. The fraction of sp³-hybridized carbons (Fsp3) is 0.273. The molecule has 0 bridgehead atoms. The fourth-order valence-electron chi connectivity index (χ4n) is 3.13. The SMILES string of the molecule is NC(=NCCC[C@H](NC(=O)[C@H](Cc1ccccc1)NC(=O)c1ccccc1)C(=O)NO)N[N+](=O)[O-]. The zero-order chi connectivity index (χ0) is 25.6. The van der Waals surface area contributed by atoms with Crippen LogP contribution in [-0.2, 0) is 16.0 Å². The maximum absolute atomic E-state index is 13.1. The molecule has 0 saturated heterocycles. The van der Waals surface area contributed by atoms with Gasteiger partial charge in [-0.25, -0.2) is 20.6 Å². The number of guanidine groups is 1. The van der Waals surface area contributed by atoms with Crippen molar-refractivity contribution in [1.82, 2.24) is 21.5 Å². The summed E-state index contributed by atoms with van der Waals surface area (Å²) < 4.78 is 0. The van der Waals surface area contributed by atoms with Crippen LogP contribution in [-0.4, -0.2) is 52.5 Å². The number of nitrogens with one attached hydrogen (secondary N) is 4. The summed E-state index contributed by atoms with van der Waals surface area (Å²) in [6.07, 6.45) is 0.405. The predicted octanol–water partition coefficient (Wildman–Crippen LogP) is -0.106. The maximum atomic E-state index is 13.1. The Morgan fingerprint density at radius 1 is 0.971 bits per heavy atom. The summed E-state index contributed by atoms with van der Waals surface area (Å²) in [5.74, 6) is -2.38. The van der Waals surface area contributed by atoms with Crippen molar-refractivity contribution in [3.63, 3.8) is 0 Å². The number of carbonyl (C=O) groups excluding carboxylic acids is 3. The Morgan fingerprint density at radius 2 is 1.60 bits per heavy atom. The first-order valence-electron chi connectivity index (χ1n) is 10.6. The number of rotatable bonds is 12. The third kappa shape index (κ3) is 9.47. The highest BCUT2D eigenvalue weighted by molar-refractivity contribution is 5.98. The molecule has 0 unspecified atom stereocenters. The van der Waals surface area contributed by atoms with E-state index < -0.39 is 40.8 Å². The van der Waals surface area contributed by atoms with E-state index in [1.165, 1.54) is 5.48 Å². The number of hydrogen-bond donors (Lipinski definition) is 6. The number of amides is 3. The number of hydroxylamine groups is 1. The van der Waals surface area contributed by atoms with Gasteiger partial charge in [0.05, 0.1) is 0 Å². The van der Waals surface area contributed by atoms with Crippen LogP contribution < -0.4 is 27.3 Å². The standard InChI is InChI=1S/C22H27N7O6/c23-22(27-29(34)35)24-13-7-12-17(21(32)28-33)25-20(31)18(14-15-8-3-1-4-9-15)26-19(30)16-10-5-2-6-11-16/h1-6,8-11,17-18,33H,7,12-14H2,(H,25,31)(H,26,30)(H,28,32)(H3,23,24,27)/t17-,18-/m0/s1. The number of nitro groups is 1. The Labute approximate surface area is 200 Å². The molecule has 7 N–H and O–H groups in total. The van der Waals surface area contributed by atoms with Gasteiger partial charge in [0, 0.05) is 18.5 Å². The third-order valence-electron chi connectivity index (χ3n) is 4.82. The Kier molecular flexibility index (Phi) is 10.6. The van der Waals surface area contributed by atoms with Crippen molar-refractivity contribution < 1.29 is 24.6 Å². The lowest BCUT2D eigenvalue weighted by atomic mass is 10.0. The molecule has 3 amide bonds. The normalized spacial score (nSPS) is 12.7. The number of nitrogens with two attached hydrogens (primary N) is 1. The number of carbonyl (C=O) groups is 3. The summed E-state index contributed by atoms with van der Waals surface area (Å²) in [5.41, 5.74) is 9.67. The van der Waals surface area contributed by atoms with E-state index in [0.717, 1.165) is 5.56 Å². The van der Waals surface area contributed by atoms with Gasteiger partial charge < -0.3 is 16.4 Å². The van der Waals surface area contributed by atoms with Crippen LogP contribution in [0.3, 0.4) is 0 Å². The molecule has 2 aromatic rings. The van der Waals surface area contributed by atoms with E-state index in [-0.39, 0.29) is 25.8 Å². The van der Waals surface area contributed by atoms with Crippen molar-refractivity contribution in [2.45, 2.75) is 31.3 Å². The predicted molar refractivity (Wildman–Crippen MR) is 126 cm³/mol. The van der Waals surface area contributed by atoms with Crippen molar-refractivity contribution >= 4 is 23.7 Å². The molecule has 0 radical (unpaired) electrons. The van der Waals surface area contributed by atoms with Gasteiger partial charge in [-0.05, 0) is 30.5 Å². The molecule has 0 aliphatic carbocycles. The second-order valence-electron chi connectivity index (χ2n) is 7.40. The molecule has 2 atom stereocenters. The van der Waals surface area contributed by atoms with Gasteiger partial charge in [0.1, 0.15) is 12.1 Å². The number of aliphatic imine (C=N–C) groups is 1. The van der Waals surface area contributed by atoms with Gasteiger partial charge in [-0.3, -0.25) is 19.6 Å². The van der Waals surface area contributed by atoms with Crippen molar-refractivity contribution in [3.05, 3.63) is 81.9 Å². The van der Waals surface area contributed by atoms with E-state index in [4.69, 9.17) is 10.9 Å². The van der Waals surface area contributed by atoms with Crippen LogP contribution in [0.5, 0.6) is 0 Å². The minimum atomic E-state index is -1.15. The third-order valence-corrected chi connectivity index (χ3v) is 4.82. The zero-order valence-electron chi connectivity index (χ0n) is 18.7. The fourth-order valence-corrected chi connectivity index (χ4v) is 3.13. The number of hydrazine groups is 1. The number of benzene rings is 2. The van der Waals surface area contributed by atoms with Crippen molar-refractivity contribution in [2.75, 3.05) is 6.54 Å². The molecule has 0 saturated carbocycles. The van der Waals surface area contributed by atoms with E-state index in [0.29, 0.717) is 5.56 Å². The lowest BCUT2D eigenvalue weighted by Crippen LogP contribution is -2.54. The Balaban J connectivity index is 2.10. The molecular weight excluding hydrogens is 458 g/mol. The second kappa shape index (κ2) is 13.9. The van der Waals surface area contributed by atoms with Crippen LogP contribution in [0.15, 0.2) is 65.7 Å². The van der Waals surface area contributed by atoms with Gasteiger partial charge in [0.25, 0.3) is 17.8 Å². The van der Waals surface area contributed by atoms with E-state index in [2.05, 4.69) is 15.6 Å². The molecule has 0 spiro atoms. The van der Waals surface area contributed by atoms with Crippen molar-refractivity contribution in [2.24, 2.45) is 10.7 Å². The Morgan fingerprint density at radius 3 is 2.20 bits per heavy atom. The van der Waals surface area contributed by atoms with E-state index in [1.807, 2.05) is 6.07 Å². The van der Waals surface area contributed by atoms with Gasteiger partial charge in [-0.15, -0.1) is 0 Å². The van der Waals surface area contributed by atoms with Crippen LogP contribution in [0.25, 0.3) is 0 Å². The molecule has 0 aliphatic rings. The minimum Gasteiger partial charge on any atom is -0.365 e. The number of nitrogens with zero attached hydrogens (tertiary/aromatic N) is 2. The topological polar surface area (TPSA) is 201 Å². The average Bonchev–Trinajstić information content (AvgIpc) is 2.85. The largest absolute Gasteiger partial charge is 0.365 e. The van der Waals surface area contributed by atoms with Crippen molar-refractivity contribution in [3.8, 4) is 0 Å². The van der Waals surface area contributed by atoms with Crippen molar-refractivity contribution in [1.29, 1.82) is 0 Å². The molecule has 13 heteroatoms. The quantitative estimate of drug-likeness (QED) is 0.0597. The smallest absolute Gasteiger partial charge is 0.265 e. The lowest BCUT2D eigenvalue weighted by Gasteiger charge is -2.22. The molecule has 0 heterocycles. The van der Waals surface area contributed by atoms with Crippen LogP contribution in [0.1, 0.15) is 28.8 Å². The molecular formula is C22H27N7O6. The van der Waals surface area contributed by atoms with Crippen LogP contribution in [0.4, 0.5) is 0 Å². The first-order chi connectivity index (χ1) is 16.8. The molecule has 186 valence electrons. The van der Waals surface area contributed by atoms with Crippen LogP contribution in [0.2, 0.25) is 0 Å². The van der Waals surface area contributed by atoms with Gasteiger partial charge in [0.15, 0.2) is 5.03 Å². The Bertz CT molecular complexity index is 1030. The highest BCUT2D eigenvalue weighted by Gasteiger charge is 2.27. The summed E-state index contributed by atoms with van der Waals surface area (Å²) in [4.78, 5) is 52.0. The van der Waals surface area contributed by atoms with E-state index in [9.17, 15) is 24.5 Å². The monoisotopic (exact) mass is 485 g/mol. The first-order valence-corrected chi connectivity index (χ1v) is 10.6. The zero-order valence-corrected chi connectivity index (χ0v) is 18.7. The maximum Gasteiger partial charge on any atom is 0.265 e. The van der Waals surface area contributed by atoms with Gasteiger partial charge >= 0.3 is 0 Å². The molecule has 35 heavy (non-hydrogen) atoms. The summed E-state index contributed by atoms with van der Waals surface area (Å²) >= 11 is 0. The van der Waals surface area contributed by atoms with Gasteiger partial charge in [-0.1, -0.05) is 54.0 Å². The lowest BCUT2D eigenvalue weighted by molar-refractivity contribution is -0.525. The molecule has 0 aliphatic heterocycles. The van der Waals surface area contributed by atoms with Gasteiger partial charge in [-0.2, -0.15) is 0 Å². The molecule has 2 rings (SSSR count).